The van der Waals surface area contributed by atoms with Crippen LogP contribution in [0.1, 0.15) is 16.7 Å². The van der Waals surface area contributed by atoms with E-state index in [1.807, 2.05) is 26.0 Å². The molecule has 0 aliphatic heterocycles. The fourth-order valence-corrected chi connectivity index (χ4v) is 2.27. The van der Waals surface area contributed by atoms with Gasteiger partial charge in [0.15, 0.2) is 0 Å². The molecule has 0 radical (unpaired) electrons. The van der Waals surface area contributed by atoms with E-state index in [1.165, 1.54) is 6.08 Å². The first-order valence-corrected chi connectivity index (χ1v) is 7.14. The Morgan fingerprint density at radius 3 is 2.33 bits per heavy atom. The number of aryl methyl sites for hydroxylation is 2. The summed E-state index contributed by atoms with van der Waals surface area (Å²) in [4.78, 5) is 11.8. The maximum atomic E-state index is 11.8. The standard InChI is InChI=1S/C17H14Cl2O2/c1-11-6-7-13(10-12(11)2)21-17(20)9-8-14-15(18)4-3-5-16(14)19/h3-10H,1-2H3/b9-8+. The van der Waals surface area contributed by atoms with E-state index in [0.717, 1.165) is 11.1 Å². The van der Waals surface area contributed by atoms with Crippen LogP contribution in [-0.2, 0) is 4.79 Å². The number of carbonyl (C=O) groups is 1. The van der Waals surface area contributed by atoms with E-state index in [4.69, 9.17) is 27.9 Å². The second-order valence-corrected chi connectivity index (χ2v) is 5.45. The van der Waals surface area contributed by atoms with Crippen LogP contribution in [0.5, 0.6) is 5.75 Å². The van der Waals surface area contributed by atoms with Gasteiger partial charge in [-0.15, -0.1) is 0 Å². The molecule has 0 aliphatic carbocycles. The van der Waals surface area contributed by atoms with Gasteiger partial charge in [-0.25, -0.2) is 4.79 Å². The third-order valence-corrected chi connectivity index (χ3v) is 3.74. The van der Waals surface area contributed by atoms with Gasteiger partial charge in [0.2, 0.25) is 0 Å². The minimum absolute atomic E-state index is 0.478. The summed E-state index contributed by atoms with van der Waals surface area (Å²) in [5.41, 5.74) is 2.81. The van der Waals surface area contributed by atoms with E-state index in [-0.39, 0.29) is 0 Å². The van der Waals surface area contributed by atoms with Gasteiger partial charge in [0.05, 0.1) is 0 Å². The molecular weight excluding hydrogens is 307 g/mol. The Morgan fingerprint density at radius 1 is 1.05 bits per heavy atom. The molecule has 2 rings (SSSR count). The Hall–Kier alpha value is -1.77. The number of esters is 1. The highest BCUT2D eigenvalue weighted by Gasteiger charge is 2.05. The summed E-state index contributed by atoms with van der Waals surface area (Å²) < 4.78 is 5.24. The van der Waals surface area contributed by atoms with Crippen molar-refractivity contribution in [1.29, 1.82) is 0 Å². The number of benzene rings is 2. The normalized spacial score (nSPS) is 10.9. The van der Waals surface area contributed by atoms with Gasteiger partial charge in [0.25, 0.3) is 0 Å². The maximum absolute atomic E-state index is 11.8. The van der Waals surface area contributed by atoms with Crippen LogP contribution in [0, 0.1) is 13.8 Å². The molecule has 0 saturated heterocycles. The van der Waals surface area contributed by atoms with Crippen molar-refractivity contribution in [1.82, 2.24) is 0 Å². The molecule has 108 valence electrons. The quantitative estimate of drug-likeness (QED) is 0.439. The first-order valence-electron chi connectivity index (χ1n) is 6.38. The summed E-state index contributed by atoms with van der Waals surface area (Å²) in [7, 11) is 0. The SMILES string of the molecule is Cc1ccc(OC(=O)/C=C/c2c(Cl)cccc2Cl)cc1C. The number of ether oxygens (including phenoxy) is 1. The van der Waals surface area contributed by atoms with Crippen molar-refractivity contribution in [2.45, 2.75) is 13.8 Å². The van der Waals surface area contributed by atoms with E-state index in [2.05, 4.69) is 0 Å². The van der Waals surface area contributed by atoms with Gasteiger partial charge in [-0.1, -0.05) is 35.3 Å². The average molecular weight is 321 g/mol. The van der Waals surface area contributed by atoms with Gasteiger partial charge in [0.1, 0.15) is 5.75 Å². The second kappa shape index (κ2) is 6.79. The Labute approximate surface area is 134 Å². The fraction of sp³-hybridized carbons (Fsp3) is 0.118. The van der Waals surface area contributed by atoms with Crippen LogP contribution in [0.15, 0.2) is 42.5 Å². The van der Waals surface area contributed by atoms with Crippen molar-refractivity contribution in [3.8, 4) is 5.75 Å². The van der Waals surface area contributed by atoms with Gasteiger partial charge >= 0.3 is 5.97 Å². The predicted molar refractivity (Wildman–Crippen MR) is 87.0 cm³/mol. The summed E-state index contributed by atoms with van der Waals surface area (Å²) in [6, 6.07) is 10.7. The fourth-order valence-electron chi connectivity index (χ4n) is 1.75. The van der Waals surface area contributed by atoms with Crippen LogP contribution < -0.4 is 4.74 Å². The molecule has 0 aliphatic rings. The zero-order valence-corrected chi connectivity index (χ0v) is 13.2. The lowest BCUT2D eigenvalue weighted by Crippen LogP contribution is -2.04. The minimum atomic E-state index is -0.478. The maximum Gasteiger partial charge on any atom is 0.336 e. The van der Waals surface area contributed by atoms with Crippen molar-refractivity contribution in [3.63, 3.8) is 0 Å². The lowest BCUT2D eigenvalue weighted by molar-refractivity contribution is -0.128. The highest BCUT2D eigenvalue weighted by atomic mass is 35.5. The molecule has 0 fully saturated rings. The minimum Gasteiger partial charge on any atom is -0.423 e. The Morgan fingerprint density at radius 2 is 1.71 bits per heavy atom. The molecule has 0 aromatic heterocycles. The summed E-state index contributed by atoms with van der Waals surface area (Å²) in [6.45, 7) is 3.96. The molecule has 0 N–H and O–H groups in total. The molecule has 2 aromatic rings. The van der Waals surface area contributed by atoms with Gasteiger partial charge in [-0.3, -0.25) is 0 Å². The summed E-state index contributed by atoms with van der Waals surface area (Å²) in [5.74, 6) is 0.0345. The lowest BCUT2D eigenvalue weighted by Gasteiger charge is -2.05. The third-order valence-electron chi connectivity index (χ3n) is 3.08. The molecule has 0 heterocycles. The Kier molecular flexibility index (Phi) is 5.05. The first kappa shape index (κ1) is 15.6. The highest BCUT2D eigenvalue weighted by Crippen LogP contribution is 2.25. The Bertz CT molecular complexity index is 686. The number of halogens is 2. The predicted octanol–water partition coefficient (Wildman–Crippen LogP) is 5.23. The van der Waals surface area contributed by atoms with Gasteiger partial charge in [0, 0.05) is 21.7 Å². The number of carbonyl (C=O) groups excluding carboxylic acids is 1. The van der Waals surface area contributed by atoms with E-state index in [9.17, 15) is 4.79 Å². The van der Waals surface area contributed by atoms with Crippen molar-refractivity contribution in [2.75, 3.05) is 0 Å². The summed E-state index contributed by atoms with van der Waals surface area (Å²) in [6.07, 6.45) is 2.86. The van der Waals surface area contributed by atoms with Crippen LogP contribution in [0.25, 0.3) is 6.08 Å². The van der Waals surface area contributed by atoms with Crippen molar-refractivity contribution >= 4 is 35.2 Å². The van der Waals surface area contributed by atoms with E-state index < -0.39 is 5.97 Å². The van der Waals surface area contributed by atoms with Crippen LogP contribution in [0.3, 0.4) is 0 Å². The molecule has 21 heavy (non-hydrogen) atoms. The third kappa shape index (κ3) is 4.10. The van der Waals surface area contributed by atoms with Gasteiger partial charge in [-0.2, -0.15) is 0 Å². The molecule has 0 bridgehead atoms. The molecule has 0 spiro atoms. The lowest BCUT2D eigenvalue weighted by atomic mass is 10.1. The molecule has 2 aromatic carbocycles. The molecule has 0 amide bonds. The topological polar surface area (TPSA) is 26.3 Å². The van der Waals surface area contributed by atoms with Crippen molar-refractivity contribution < 1.29 is 9.53 Å². The molecular formula is C17H14Cl2O2. The van der Waals surface area contributed by atoms with E-state index in [0.29, 0.717) is 21.4 Å². The number of hydrogen-bond acceptors (Lipinski definition) is 2. The molecule has 0 unspecified atom stereocenters. The summed E-state index contributed by atoms with van der Waals surface area (Å²) in [5, 5.41) is 0.968. The first-order chi connectivity index (χ1) is 9.97. The van der Waals surface area contributed by atoms with Crippen molar-refractivity contribution in [2.24, 2.45) is 0 Å². The smallest absolute Gasteiger partial charge is 0.336 e. The summed E-state index contributed by atoms with van der Waals surface area (Å²) >= 11 is 12.0. The van der Waals surface area contributed by atoms with Crippen LogP contribution >= 0.6 is 23.2 Å². The number of rotatable bonds is 3. The van der Waals surface area contributed by atoms with Crippen LogP contribution in [0.4, 0.5) is 0 Å². The highest BCUT2D eigenvalue weighted by molar-refractivity contribution is 6.37. The van der Waals surface area contributed by atoms with E-state index in [1.54, 1.807) is 30.3 Å². The van der Waals surface area contributed by atoms with Crippen molar-refractivity contribution in [3.05, 3.63) is 69.2 Å². The zero-order chi connectivity index (χ0) is 15.4. The van der Waals surface area contributed by atoms with E-state index >= 15 is 0 Å². The molecule has 2 nitrogen and oxygen atoms in total. The zero-order valence-electron chi connectivity index (χ0n) is 11.7. The molecule has 4 heteroatoms. The number of hydrogen-bond donors (Lipinski definition) is 0. The molecule has 0 atom stereocenters. The monoisotopic (exact) mass is 320 g/mol. The largest absolute Gasteiger partial charge is 0.423 e. The van der Waals surface area contributed by atoms with Gasteiger partial charge in [-0.05, 0) is 55.3 Å². The van der Waals surface area contributed by atoms with Gasteiger partial charge < -0.3 is 4.74 Å². The average Bonchev–Trinajstić information content (AvgIpc) is 2.42. The second-order valence-electron chi connectivity index (χ2n) is 4.64. The molecule has 0 saturated carbocycles. The van der Waals surface area contributed by atoms with Crippen LogP contribution in [-0.4, -0.2) is 5.97 Å². The Balaban J connectivity index is 2.11. The van der Waals surface area contributed by atoms with Crippen LogP contribution in [0.2, 0.25) is 10.0 Å².